The number of alkyl halides is 1. The molecule has 1 aliphatic heterocycles. The highest BCUT2D eigenvalue weighted by Gasteiger charge is 2.44. The third-order valence-corrected chi connectivity index (χ3v) is 4.20. The van der Waals surface area contributed by atoms with Crippen LogP contribution in [-0.4, -0.2) is 35.8 Å². The Balaban J connectivity index is 1.91. The van der Waals surface area contributed by atoms with E-state index in [1.807, 2.05) is 0 Å². The first kappa shape index (κ1) is 16.8. The molecule has 0 N–H and O–H groups in total. The summed E-state index contributed by atoms with van der Waals surface area (Å²) in [5, 5.41) is 0. The number of imide groups is 1. The number of hydrogen-bond donors (Lipinski definition) is 0. The highest BCUT2D eigenvalue weighted by molar-refractivity contribution is 6.22. The van der Waals surface area contributed by atoms with Gasteiger partial charge < -0.3 is 4.74 Å². The van der Waals surface area contributed by atoms with Crippen LogP contribution in [0.25, 0.3) is 0 Å². The van der Waals surface area contributed by atoms with Gasteiger partial charge in [-0.15, -0.1) is 0 Å². The van der Waals surface area contributed by atoms with Gasteiger partial charge >= 0.3 is 5.97 Å². The Morgan fingerprint density at radius 2 is 1.52 bits per heavy atom. The summed E-state index contributed by atoms with van der Waals surface area (Å²) < 4.78 is 19.4. The van der Waals surface area contributed by atoms with Crippen molar-refractivity contribution in [2.75, 3.05) is 7.11 Å². The van der Waals surface area contributed by atoms with Crippen LogP contribution in [0.1, 0.15) is 38.9 Å². The molecule has 2 unspecified atom stereocenters. The molecule has 2 atom stereocenters. The Morgan fingerprint density at radius 3 is 2.04 bits per heavy atom. The van der Waals surface area contributed by atoms with E-state index in [2.05, 4.69) is 0 Å². The number of rotatable bonds is 5. The molecular weight excluding hydrogens is 325 g/mol. The van der Waals surface area contributed by atoms with Gasteiger partial charge in [0.05, 0.1) is 18.2 Å². The zero-order valence-electron chi connectivity index (χ0n) is 13.5. The van der Waals surface area contributed by atoms with Gasteiger partial charge in [0.2, 0.25) is 0 Å². The van der Waals surface area contributed by atoms with Crippen LogP contribution in [0.15, 0.2) is 54.6 Å². The molecule has 5 nitrogen and oxygen atoms in total. The van der Waals surface area contributed by atoms with Crippen molar-refractivity contribution < 1.29 is 23.5 Å². The van der Waals surface area contributed by atoms with Crippen molar-refractivity contribution in [3.63, 3.8) is 0 Å². The summed E-state index contributed by atoms with van der Waals surface area (Å²) in [6.07, 6.45) is -1.88. The van der Waals surface area contributed by atoms with Crippen molar-refractivity contribution in [3.8, 4) is 0 Å². The molecule has 0 aromatic heterocycles. The largest absolute Gasteiger partial charge is 0.467 e. The molecule has 2 aromatic rings. The lowest BCUT2D eigenvalue weighted by atomic mass is 10.0. The first-order valence-corrected chi connectivity index (χ1v) is 7.78. The Hall–Kier alpha value is -3.02. The summed E-state index contributed by atoms with van der Waals surface area (Å²) in [5.41, 5.74) is 0.779. The first-order valence-electron chi connectivity index (χ1n) is 7.78. The Labute approximate surface area is 144 Å². The van der Waals surface area contributed by atoms with Crippen molar-refractivity contribution in [3.05, 3.63) is 71.3 Å². The Bertz CT molecular complexity index is 786. The Kier molecular flexibility index (Phi) is 4.61. The second-order valence-corrected chi connectivity index (χ2v) is 5.68. The monoisotopic (exact) mass is 341 g/mol. The fraction of sp³-hybridized carbons (Fsp3) is 0.211. The van der Waals surface area contributed by atoms with Gasteiger partial charge in [0.25, 0.3) is 11.8 Å². The first-order chi connectivity index (χ1) is 12.0. The predicted molar refractivity (Wildman–Crippen MR) is 87.7 cm³/mol. The molecular formula is C19H16FNO4. The highest BCUT2D eigenvalue weighted by Crippen LogP contribution is 2.30. The van der Waals surface area contributed by atoms with E-state index in [4.69, 9.17) is 4.74 Å². The van der Waals surface area contributed by atoms with E-state index in [0.717, 1.165) is 12.0 Å². The van der Waals surface area contributed by atoms with E-state index in [0.29, 0.717) is 5.56 Å². The number of esters is 1. The van der Waals surface area contributed by atoms with Crippen molar-refractivity contribution >= 4 is 17.8 Å². The van der Waals surface area contributed by atoms with Crippen molar-refractivity contribution in [2.24, 2.45) is 0 Å². The van der Waals surface area contributed by atoms with Crippen LogP contribution in [0.3, 0.4) is 0 Å². The summed E-state index contributed by atoms with van der Waals surface area (Å²) in [6, 6.07) is 13.2. The SMILES string of the molecule is COC(=O)C(CC(F)c1ccccc1)N1C(=O)c2ccccc2C1=O. The zero-order valence-corrected chi connectivity index (χ0v) is 13.5. The predicted octanol–water partition coefficient (Wildman–Crippen LogP) is 2.93. The van der Waals surface area contributed by atoms with Gasteiger partial charge in [0, 0.05) is 6.42 Å². The number of ether oxygens (including phenoxy) is 1. The number of fused-ring (bicyclic) bond motifs is 1. The summed E-state index contributed by atoms with van der Waals surface area (Å²) in [4.78, 5) is 38.1. The third kappa shape index (κ3) is 3.03. The molecule has 2 aromatic carbocycles. The van der Waals surface area contributed by atoms with E-state index in [1.165, 1.54) is 12.1 Å². The van der Waals surface area contributed by atoms with Gasteiger partial charge in [-0.1, -0.05) is 42.5 Å². The van der Waals surface area contributed by atoms with E-state index in [9.17, 15) is 18.8 Å². The minimum atomic E-state index is -1.52. The van der Waals surface area contributed by atoms with E-state index in [-0.39, 0.29) is 17.5 Å². The summed E-state index contributed by atoms with van der Waals surface area (Å²) in [7, 11) is 1.14. The zero-order chi connectivity index (χ0) is 18.0. The molecule has 25 heavy (non-hydrogen) atoms. The van der Waals surface area contributed by atoms with Gasteiger partial charge in [0.1, 0.15) is 12.2 Å². The number of benzene rings is 2. The van der Waals surface area contributed by atoms with Gasteiger partial charge in [0.15, 0.2) is 0 Å². The number of amides is 2. The minimum absolute atomic E-state index is 0.205. The molecule has 0 radical (unpaired) electrons. The van der Waals surface area contributed by atoms with Gasteiger partial charge in [-0.3, -0.25) is 14.5 Å². The van der Waals surface area contributed by atoms with Crippen LogP contribution in [-0.2, 0) is 9.53 Å². The number of carbonyl (C=O) groups is 3. The molecule has 0 spiro atoms. The molecule has 0 aliphatic carbocycles. The highest BCUT2D eigenvalue weighted by atomic mass is 19.1. The average molecular weight is 341 g/mol. The minimum Gasteiger partial charge on any atom is -0.467 e. The van der Waals surface area contributed by atoms with Crippen molar-refractivity contribution in [1.29, 1.82) is 0 Å². The molecule has 128 valence electrons. The van der Waals surface area contributed by atoms with E-state index in [1.54, 1.807) is 42.5 Å². The molecule has 6 heteroatoms. The van der Waals surface area contributed by atoms with Crippen LogP contribution in [0.5, 0.6) is 0 Å². The van der Waals surface area contributed by atoms with Crippen LogP contribution in [0, 0.1) is 0 Å². The Morgan fingerprint density at radius 1 is 1.00 bits per heavy atom. The topological polar surface area (TPSA) is 63.7 Å². The lowest BCUT2D eigenvalue weighted by Gasteiger charge is -2.25. The molecule has 0 fully saturated rings. The summed E-state index contributed by atoms with van der Waals surface area (Å²) >= 11 is 0. The summed E-state index contributed by atoms with van der Waals surface area (Å²) in [6.45, 7) is 0. The lowest BCUT2D eigenvalue weighted by Crippen LogP contribution is -2.46. The molecule has 2 amide bonds. The average Bonchev–Trinajstić information content (AvgIpc) is 2.91. The quantitative estimate of drug-likeness (QED) is 0.620. The smallest absolute Gasteiger partial charge is 0.329 e. The van der Waals surface area contributed by atoms with Crippen LogP contribution < -0.4 is 0 Å². The second-order valence-electron chi connectivity index (χ2n) is 5.68. The third-order valence-electron chi connectivity index (χ3n) is 4.20. The van der Waals surface area contributed by atoms with Gasteiger partial charge in [-0.2, -0.15) is 0 Å². The van der Waals surface area contributed by atoms with Gasteiger partial charge in [-0.25, -0.2) is 9.18 Å². The van der Waals surface area contributed by atoms with Gasteiger partial charge in [-0.05, 0) is 17.7 Å². The number of nitrogens with zero attached hydrogens (tertiary/aromatic N) is 1. The molecule has 0 bridgehead atoms. The summed E-state index contributed by atoms with van der Waals surface area (Å²) in [5.74, 6) is -2.05. The fourth-order valence-electron chi connectivity index (χ4n) is 2.93. The fourth-order valence-corrected chi connectivity index (χ4v) is 2.93. The van der Waals surface area contributed by atoms with E-state index < -0.39 is 30.0 Å². The van der Waals surface area contributed by atoms with Crippen LogP contribution >= 0.6 is 0 Å². The van der Waals surface area contributed by atoms with Crippen LogP contribution in [0.4, 0.5) is 4.39 Å². The number of carbonyl (C=O) groups excluding carboxylic acids is 3. The molecule has 0 saturated carbocycles. The maximum atomic E-state index is 14.7. The number of hydrogen-bond acceptors (Lipinski definition) is 4. The standard InChI is InChI=1S/C19H16FNO4/c1-25-19(24)16(11-15(20)12-7-3-2-4-8-12)21-17(22)13-9-5-6-10-14(13)18(21)23/h2-10,15-16H,11H2,1H3. The molecule has 3 rings (SSSR count). The molecule has 1 aliphatic rings. The molecule has 0 saturated heterocycles. The lowest BCUT2D eigenvalue weighted by molar-refractivity contribution is -0.146. The number of methoxy groups -OCH3 is 1. The van der Waals surface area contributed by atoms with E-state index >= 15 is 0 Å². The number of halogens is 1. The van der Waals surface area contributed by atoms with Crippen LogP contribution in [0.2, 0.25) is 0 Å². The maximum absolute atomic E-state index is 14.7. The van der Waals surface area contributed by atoms with Crippen molar-refractivity contribution in [2.45, 2.75) is 18.6 Å². The normalized spacial score (nSPS) is 15.7. The maximum Gasteiger partial charge on any atom is 0.329 e. The van der Waals surface area contributed by atoms with Crippen molar-refractivity contribution in [1.82, 2.24) is 4.90 Å². The second kappa shape index (κ2) is 6.84. The molecule has 1 heterocycles.